The van der Waals surface area contributed by atoms with Gasteiger partial charge in [-0.25, -0.2) is 4.39 Å². The Morgan fingerprint density at radius 3 is 2.65 bits per heavy atom. The Balaban J connectivity index is 1.95. The van der Waals surface area contributed by atoms with Gasteiger partial charge in [-0.05, 0) is 59.6 Å². The molecule has 0 aliphatic rings. The van der Waals surface area contributed by atoms with Gasteiger partial charge >= 0.3 is 0 Å². The number of aryl methyl sites for hydroxylation is 1. The van der Waals surface area contributed by atoms with Gasteiger partial charge in [0.1, 0.15) is 5.82 Å². The monoisotopic (exact) mass is 378 g/mol. The van der Waals surface area contributed by atoms with Crippen LogP contribution in [0.5, 0.6) is 0 Å². The molecule has 0 heterocycles. The molecule has 0 aliphatic heterocycles. The van der Waals surface area contributed by atoms with Crippen molar-refractivity contribution in [2.24, 2.45) is 0 Å². The lowest BCUT2D eigenvalue weighted by atomic mass is 10.2. The predicted octanol–water partition coefficient (Wildman–Crippen LogP) is 4.15. The molecule has 0 aromatic heterocycles. The average molecular weight is 379 g/mol. The van der Waals surface area contributed by atoms with E-state index in [2.05, 4.69) is 52.1 Å². The highest BCUT2D eigenvalue weighted by molar-refractivity contribution is 9.10. The van der Waals surface area contributed by atoms with Crippen molar-refractivity contribution in [1.82, 2.24) is 5.32 Å². The van der Waals surface area contributed by atoms with E-state index in [1.165, 1.54) is 29.4 Å². The second-order valence-corrected chi connectivity index (χ2v) is 6.10. The van der Waals surface area contributed by atoms with Gasteiger partial charge in [0.25, 0.3) is 5.91 Å². The van der Waals surface area contributed by atoms with Crippen LogP contribution in [0, 0.1) is 12.7 Å². The van der Waals surface area contributed by atoms with Crippen LogP contribution in [0.25, 0.3) is 0 Å². The van der Waals surface area contributed by atoms with E-state index in [-0.39, 0.29) is 11.7 Å². The van der Waals surface area contributed by atoms with E-state index in [0.29, 0.717) is 23.1 Å². The molecule has 0 aliphatic carbocycles. The summed E-state index contributed by atoms with van der Waals surface area (Å²) in [7, 11) is 0. The van der Waals surface area contributed by atoms with Crippen molar-refractivity contribution in [3.8, 4) is 0 Å². The Morgan fingerprint density at radius 1 is 1.26 bits per heavy atom. The highest BCUT2D eigenvalue weighted by Crippen LogP contribution is 2.19. The van der Waals surface area contributed by atoms with Crippen molar-refractivity contribution in [3.63, 3.8) is 0 Å². The number of hydrogen-bond donors (Lipinski definition) is 1. The zero-order valence-corrected chi connectivity index (χ0v) is 14.9. The number of rotatable bonds is 6. The van der Waals surface area contributed by atoms with Gasteiger partial charge in [0.05, 0.1) is 5.56 Å². The molecular weight excluding hydrogens is 359 g/mol. The average Bonchev–Trinajstić information content (AvgIpc) is 2.52. The van der Waals surface area contributed by atoms with Crippen LogP contribution in [0.3, 0.4) is 0 Å². The summed E-state index contributed by atoms with van der Waals surface area (Å²) in [5, 5.41) is 2.88. The molecule has 1 amide bonds. The van der Waals surface area contributed by atoms with E-state index in [0.717, 1.165) is 6.54 Å². The fraction of sp³-hybridized carbons (Fsp3) is 0.278. The maximum absolute atomic E-state index is 13.1. The van der Waals surface area contributed by atoms with Crippen LogP contribution in [0.15, 0.2) is 46.9 Å². The third kappa shape index (κ3) is 4.55. The van der Waals surface area contributed by atoms with E-state index >= 15 is 0 Å². The molecule has 5 heteroatoms. The summed E-state index contributed by atoms with van der Waals surface area (Å²) >= 11 is 3.22. The second-order valence-electron chi connectivity index (χ2n) is 5.25. The maximum Gasteiger partial charge on any atom is 0.252 e. The summed E-state index contributed by atoms with van der Waals surface area (Å²) < 4.78 is 13.5. The molecule has 0 saturated heterocycles. The molecule has 3 nitrogen and oxygen atoms in total. The minimum absolute atomic E-state index is 0.210. The summed E-state index contributed by atoms with van der Waals surface area (Å²) in [5.74, 6) is -0.581. The van der Waals surface area contributed by atoms with Crippen LogP contribution >= 0.6 is 15.9 Å². The number of nitrogens with one attached hydrogen (secondary N) is 1. The first-order chi connectivity index (χ1) is 11.0. The van der Waals surface area contributed by atoms with Crippen LogP contribution < -0.4 is 10.2 Å². The van der Waals surface area contributed by atoms with Crippen molar-refractivity contribution >= 4 is 27.5 Å². The summed E-state index contributed by atoms with van der Waals surface area (Å²) in [6.45, 7) is 6.26. The summed E-state index contributed by atoms with van der Waals surface area (Å²) in [5.41, 5.74) is 2.82. The summed E-state index contributed by atoms with van der Waals surface area (Å²) in [6.07, 6.45) is 0. The number of nitrogens with zero attached hydrogens (tertiary/aromatic N) is 1. The van der Waals surface area contributed by atoms with Crippen molar-refractivity contribution in [1.29, 1.82) is 0 Å². The molecule has 23 heavy (non-hydrogen) atoms. The van der Waals surface area contributed by atoms with E-state index in [1.807, 2.05) is 12.1 Å². The minimum Gasteiger partial charge on any atom is -0.370 e. The SMILES string of the molecule is CCN(CCNC(=O)c1ccc(F)cc1Br)c1ccccc1C. The first kappa shape index (κ1) is 17.5. The van der Waals surface area contributed by atoms with Crippen LogP contribution in [0.1, 0.15) is 22.8 Å². The third-order valence-electron chi connectivity index (χ3n) is 3.68. The van der Waals surface area contributed by atoms with Crippen LogP contribution in [0.4, 0.5) is 10.1 Å². The van der Waals surface area contributed by atoms with Gasteiger partial charge in [-0.15, -0.1) is 0 Å². The maximum atomic E-state index is 13.1. The zero-order chi connectivity index (χ0) is 16.8. The Morgan fingerprint density at radius 2 is 2.00 bits per heavy atom. The second kappa shape index (κ2) is 8.11. The minimum atomic E-state index is -0.370. The van der Waals surface area contributed by atoms with Gasteiger partial charge in [-0.1, -0.05) is 18.2 Å². The first-order valence-electron chi connectivity index (χ1n) is 7.56. The molecule has 0 spiro atoms. The van der Waals surface area contributed by atoms with E-state index in [1.54, 1.807) is 0 Å². The number of carbonyl (C=O) groups excluding carboxylic acids is 1. The Kier molecular flexibility index (Phi) is 6.16. The lowest BCUT2D eigenvalue weighted by Gasteiger charge is -2.25. The Labute approximate surface area is 144 Å². The molecule has 2 aromatic rings. The van der Waals surface area contributed by atoms with E-state index < -0.39 is 0 Å². The fourth-order valence-corrected chi connectivity index (χ4v) is 2.97. The van der Waals surface area contributed by atoms with Gasteiger partial charge < -0.3 is 10.2 Å². The van der Waals surface area contributed by atoms with Crippen LogP contribution in [-0.2, 0) is 0 Å². The van der Waals surface area contributed by atoms with Crippen molar-refractivity contribution < 1.29 is 9.18 Å². The number of likely N-dealkylation sites (N-methyl/N-ethyl adjacent to an activating group) is 1. The number of carbonyl (C=O) groups is 1. The smallest absolute Gasteiger partial charge is 0.252 e. The highest BCUT2D eigenvalue weighted by Gasteiger charge is 2.11. The van der Waals surface area contributed by atoms with Gasteiger partial charge in [-0.3, -0.25) is 4.79 Å². The van der Waals surface area contributed by atoms with Gasteiger partial charge in [0.15, 0.2) is 0 Å². The summed E-state index contributed by atoms with van der Waals surface area (Å²) in [4.78, 5) is 14.4. The lowest BCUT2D eigenvalue weighted by Crippen LogP contribution is -2.35. The molecule has 0 saturated carbocycles. The molecule has 1 N–H and O–H groups in total. The fourth-order valence-electron chi connectivity index (χ4n) is 2.44. The standard InChI is InChI=1S/C18H20BrFN2O/c1-3-22(17-7-5-4-6-13(17)2)11-10-21-18(23)15-9-8-14(20)12-16(15)19/h4-9,12H,3,10-11H2,1-2H3,(H,21,23). The molecule has 0 fully saturated rings. The number of anilines is 1. The topological polar surface area (TPSA) is 32.3 Å². The van der Waals surface area contributed by atoms with E-state index in [9.17, 15) is 9.18 Å². The van der Waals surface area contributed by atoms with Gasteiger partial charge in [0, 0.05) is 29.8 Å². The molecule has 0 unspecified atom stereocenters. The normalized spacial score (nSPS) is 10.4. The quantitative estimate of drug-likeness (QED) is 0.818. The van der Waals surface area contributed by atoms with Gasteiger partial charge in [0.2, 0.25) is 0 Å². The molecule has 0 bridgehead atoms. The Hall–Kier alpha value is -1.88. The Bertz CT molecular complexity index is 690. The lowest BCUT2D eigenvalue weighted by molar-refractivity contribution is 0.0954. The molecule has 122 valence electrons. The molecule has 0 atom stereocenters. The van der Waals surface area contributed by atoms with Crippen LogP contribution in [0.2, 0.25) is 0 Å². The van der Waals surface area contributed by atoms with E-state index in [4.69, 9.17) is 0 Å². The third-order valence-corrected chi connectivity index (χ3v) is 4.34. The predicted molar refractivity (Wildman–Crippen MR) is 95.5 cm³/mol. The zero-order valence-electron chi connectivity index (χ0n) is 13.3. The number of para-hydroxylation sites is 1. The first-order valence-corrected chi connectivity index (χ1v) is 8.36. The number of amides is 1. The molecular formula is C18H20BrFN2O. The van der Waals surface area contributed by atoms with Crippen molar-refractivity contribution in [2.75, 3.05) is 24.5 Å². The molecule has 2 rings (SSSR count). The number of benzene rings is 2. The van der Waals surface area contributed by atoms with Crippen molar-refractivity contribution in [3.05, 3.63) is 63.9 Å². The number of hydrogen-bond acceptors (Lipinski definition) is 2. The number of halogens is 2. The largest absolute Gasteiger partial charge is 0.370 e. The van der Waals surface area contributed by atoms with Crippen LogP contribution in [-0.4, -0.2) is 25.5 Å². The molecule has 2 aromatic carbocycles. The highest BCUT2D eigenvalue weighted by atomic mass is 79.9. The molecule has 0 radical (unpaired) electrons. The summed E-state index contributed by atoms with van der Waals surface area (Å²) in [6, 6.07) is 12.2. The van der Waals surface area contributed by atoms with Gasteiger partial charge in [-0.2, -0.15) is 0 Å². The van der Waals surface area contributed by atoms with Crippen molar-refractivity contribution in [2.45, 2.75) is 13.8 Å².